The van der Waals surface area contributed by atoms with Crippen LogP contribution in [0.25, 0.3) is 0 Å². The van der Waals surface area contributed by atoms with E-state index in [2.05, 4.69) is 32.0 Å². The van der Waals surface area contributed by atoms with Crippen molar-refractivity contribution in [3.8, 4) is 5.75 Å². The summed E-state index contributed by atoms with van der Waals surface area (Å²) in [5.74, 6) is 1.96. The van der Waals surface area contributed by atoms with E-state index < -0.39 is 0 Å². The highest BCUT2D eigenvalue weighted by atomic mass is 127. The van der Waals surface area contributed by atoms with E-state index in [0.717, 1.165) is 82.3 Å². The van der Waals surface area contributed by atoms with Crippen molar-refractivity contribution in [3.63, 3.8) is 0 Å². The van der Waals surface area contributed by atoms with Gasteiger partial charge >= 0.3 is 0 Å². The third kappa shape index (κ3) is 8.77. The molecule has 184 valence electrons. The van der Waals surface area contributed by atoms with Crippen LogP contribution in [0, 0.1) is 12.7 Å². The van der Waals surface area contributed by atoms with Crippen LogP contribution in [-0.4, -0.2) is 59.7 Å². The molecular formula is C24H38FIN6O. The number of piperidine rings is 1. The number of aryl methyl sites for hydroxylation is 2. The minimum Gasteiger partial charge on any atom is -0.494 e. The summed E-state index contributed by atoms with van der Waals surface area (Å²) in [6, 6.07) is 5.63. The van der Waals surface area contributed by atoms with E-state index in [1.807, 2.05) is 25.4 Å². The number of nitrogens with zero attached hydrogens (tertiary/aromatic N) is 4. The Kier molecular flexibility index (Phi) is 11.9. The number of hydrogen-bond acceptors (Lipinski definition) is 4. The Hall–Kier alpha value is -1.88. The number of methoxy groups -OCH3 is 1. The molecule has 0 atom stereocenters. The van der Waals surface area contributed by atoms with Gasteiger partial charge in [-0.2, -0.15) is 0 Å². The maximum atomic E-state index is 13.9. The van der Waals surface area contributed by atoms with Gasteiger partial charge < -0.3 is 19.9 Å². The van der Waals surface area contributed by atoms with Crippen molar-refractivity contribution < 1.29 is 9.13 Å². The van der Waals surface area contributed by atoms with Crippen molar-refractivity contribution in [2.24, 2.45) is 4.99 Å². The molecule has 3 rings (SSSR count). The van der Waals surface area contributed by atoms with Gasteiger partial charge in [-0.3, -0.25) is 9.89 Å². The Balaban J connectivity index is 0.00000385. The smallest absolute Gasteiger partial charge is 0.191 e. The van der Waals surface area contributed by atoms with Crippen LogP contribution in [0.2, 0.25) is 0 Å². The van der Waals surface area contributed by atoms with Gasteiger partial charge in [-0.1, -0.05) is 6.07 Å². The molecule has 0 radical (unpaired) electrons. The third-order valence-corrected chi connectivity index (χ3v) is 5.90. The molecule has 0 bridgehead atoms. The molecule has 9 heteroatoms. The van der Waals surface area contributed by atoms with Crippen molar-refractivity contribution in [1.82, 2.24) is 25.1 Å². The average molecular weight is 573 g/mol. The first-order valence-electron chi connectivity index (χ1n) is 11.7. The van der Waals surface area contributed by atoms with Crippen LogP contribution in [0.5, 0.6) is 5.75 Å². The summed E-state index contributed by atoms with van der Waals surface area (Å²) in [5, 5.41) is 6.97. The quantitative estimate of drug-likeness (QED) is 0.195. The molecule has 33 heavy (non-hydrogen) atoms. The highest BCUT2D eigenvalue weighted by Crippen LogP contribution is 2.20. The molecular weight excluding hydrogens is 534 g/mol. The fraction of sp³-hybridized carbons (Fsp3) is 0.583. The number of benzene rings is 1. The van der Waals surface area contributed by atoms with Crippen molar-refractivity contribution in [3.05, 3.63) is 47.8 Å². The van der Waals surface area contributed by atoms with Gasteiger partial charge in [-0.25, -0.2) is 9.37 Å². The number of unbranched alkanes of at least 4 members (excludes halogenated alkanes) is 1. The summed E-state index contributed by atoms with van der Waals surface area (Å²) < 4.78 is 21.1. The molecule has 1 aliphatic heterocycles. The largest absolute Gasteiger partial charge is 0.494 e. The Morgan fingerprint density at radius 2 is 2.06 bits per heavy atom. The number of guanidine groups is 1. The molecule has 0 aliphatic carbocycles. The minimum atomic E-state index is -0.298. The topological polar surface area (TPSA) is 66.7 Å². The van der Waals surface area contributed by atoms with Gasteiger partial charge in [0.25, 0.3) is 0 Å². The zero-order valence-electron chi connectivity index (χ0n) is 20.0. The number of nitrogens with one attached hydrogen (secondary N) is 2. The van der Waals surface area contributed by atoms with Crippen LogP contribution >= 0.6 is 24.0 Å². The second-order valence-corrected chi connectivity index (χ2v) is 8.30. The predicted molar refractivity (Wildman–Crippen MR) is 142 cm³/mol. The number of likely N-dealkylation sites (tertiary alicyclic amines) is 1. The Labute approximate surface area is 214 Å². The first-order valence-corrected chi connectivity index (χ1v) is 11.7. The Bertz CT molecular complexity index is 866. The van der Waals surface area contributed by atoms with E-state index in [-0.39, 0.29) is 29.8 Å². The van der Waals surface area contributed by atoms with E-state index in [0.29, 0.717) is 11.8 Å². The van der Waals surface area contributed by atoms with Gasteiger partial charge in [0.2, 0.25) is 0 Å². The first-order chi connectivity index (χ1) is 15.6. The molecule has 0 spiro atoms. The number of aliphatic imine (C=N–C) groups is 1. The third-order valence-electron chi connectivity index (χ3n) is 5.90. The maximum Gasteiger partial charge on any atom is 0.191 e. The fourth-order valence-corrected chi connectivity index (χ4v) is 4.04. The van der Waals surface area contributed by atoms with Gasteiger partial charge in [-0.15, -0.1) is 24.0 Å². The lowest BCUT2D eigenvalue weighted by Crippen LogP contribution is -2.48. The number of halogens is 2. The lowest BCUT2D eigenvalue weighted by atomic mass is 10.0. The van der Waals surface area contributed by atoms with Crippen LogP contribution < -0.4 is 15.4 Å². The van der Waals surface area contributed by atoms with Gasteiger partial charge in [0.05, 0.1) is 7.11 Å². The summed E-state index contributed by atoms with van der Waals surface area (Å²) in [7, 11) is 1.49. The lowest BCUT2D eigenvalue weighted by molar-refractivity contribution is 0.198. The second kappa shape index (κ2) is 14.4. The molecule has 1 aliphatic rings. The second-order valence-electron chi connectivity index (χ2n) is 8.30. The zero-order valence-corrected chi connectivity index (χ0v) is 22.3. The standard InChI is InChI=1S/C24H37FN6O.HI/c1-4-26-24(28-11-5-6-13-31-16-12-27-19(31)2)29-21-9-14-30(15-10-21)18-20-7-8-23(32-3)22(25)17-20;/h7-8,12,16-17,21H,4-6,9-11,13-15,18H2,1-3H3,(H2,26,28,29);1H. The van der Waals surface area contributed by atoms with Gasteiger partial charge in [0.15, 0.2) is 17.5 Å². The SMILES string of the molecule is CCNC(=NCCCCn1ccnc1C)NC1CCN(Cc2ccc(OC)c(F)c2)CC1.I. The Morgan fingerprint density at radius 1 is 1.27 bits per heavy atom. The van der Waals surface area contributed by atoms with Crippen LogP contribution in [0.3, 0.4) is 0 Å². The highest BCUT2D eigenvalue weighted by Gasteiger charge is 2.20. The summed E-state index contributed by atoms with van der Waals surface area (Å²) in [4.78, 5) is 11.4. The van der Waals surface area contributed by atoms with Crippen LogP contribution in [0.15, 0.2) is 35.6 Å². The summed E-state index contributed by atoms with van der Waals surface area (Å²) in [6.07, 6.45) is 8.10. The normalized spacial score (nSPS) is 15.2. The van der Waals surface area contributed by atoms with Crippen molar-refractivity contribution in [2.45, 2.75) is 58.7 Å². The van der Waals surface area contributed by atoms with E-state index in [1.54, 1.807) is 12.1 Å². The van der Waals surface area contributed by atoms with E-state index >= 15 is 0 Å². The van der Waals surface area contributed by atoms with Crippen molar-refractivity contribution in [1.29, 1.82) is 0 Å². The predicted octanol–water partition coefficient (Wildman–Crippen LogP) is 3.96. The molecule has 1 saturated heterocycles. The average Bonchev–Trinajstić information content (AvgIpc) is 3.20. The van der Waals surface area contributed by atoms with Crippen molar-refractivity contribution >= 4 is 29.9 Å². The summed E-state index contributed by atoms with van der Waals surface area (Å²) in [6.45, 7) is 9.50. The lowest BCUT2D eigenvalue weighted by Gasteiger charge is -2.33. The summed E-state index contributed by atoms with van der Waals surface area (Å²) >= 11 is 0. The maximum absolute atomic E-state index is 13.9. The molecule has 0 unspecified atom stereocenters. The molecule has 2 heterocycles. The molecule has 1 aromatic carbocycles. The molecule has 0 saturated carbocycles. The molecule has 1 fully saturated rings. The zero-order chi connectivity index (χ0) is 22.8. The fourth-order valence-electron chi connectivity index (χ4n) is 4.04. The van der Waals surface area contributed by atoms with E-state index in [4.69, 9.17) is 9.73 Å². The van der Waals surface area contributed by atoms with Crippen LogP contribution in [0.4, 0.5) is 4.39 Å². The van der Waals surface area contributed by atoms with Crippen molar-refractivity contribution in [2.75, 3.05) is 33.3 Å². The number of aromatic nitrogens is 2. The van der Waals surface area contributed by atoms with E-state index in [1.165, 1.54) is 7.11 Å². The minimum absolute atomic E-state index is 0. The molecule has 7 nitrogen and oxygen atoms in total. The number of rotatable bonds is 10. The number of hydrogen-bond donors (Lipinski definition) is 2. The number of imidazole rings is 1. The Morgan fingerprint density at radius 3 is 2.70 bits per heavy atom. The molecule has 2 aromatic rings. The summed E-state index contributed by atoms with van der Waals surface area (Å²) in [5.41, 5.74) is 0.982. The highest BCUT2D eigenvalue weighted by molar-refractivity contribution is 14.0. The monoisotopic (exact) mass is 572 g/mol. The van der Waals surface area contributed by atoms with Gasteiger partial charge in [0, 0.05) is 57.7 Å². The van der Waals surface area contributed by atoms with Crippen LogP contribution in [0.1, 0.15) is 44.0 Å². The van der Waals surface area contributed by atoms with Crippen LogP contribution in [-0.2, 0) is 13.1 Å². The van der Waals surface area contributed by atoms with E-state index in [9.17, 15) is 4.39 Å². The first kappa shape index (κ1) is 27.4. The van der Waals surface area contributed by atoms with Gasteiger partial charge in [0.1, 0.15) is 5.82 Å². The number of ether oxygens (including phenoxy) is 1. The molecule has 1 aromatic heterocycles. The molecule has 0 amide bonds. The van der Waals surface area contributed by atoms with Gasteiger partial charge in [-0.05, 0) is 57.2 Å². The molecule has 2 N–H and O–H groups in total.